The van der Waals surface area contributed by atoms with Crippen molar-refractivity contribution < 1.29 is 28.6 Å². The molecule has 0 rings (SSSR count). The van der Waals surface area contributed by atoms with Crippen molar-refractivity contribution >= 4 is 17.9 Å². The van der Waals surface area contributed by atoms with E-state index in [4.69, 9.17) is 14.2 Å². The van der Waals surface area contributed by atoms with E-state index in [1.165, 1.54) is 180 Å². The van der Waals surface area contributed by atoms with E-state index in [9.17, 15) is 14.4 Å². The lowest BCUT2D eigenvalue weighted by Gasteiger charge is -2.18. The second kappa shape index (κ2) is 45.9. The van der Waals surface area contributed by atoms with Crippen molar-refractivity contribution in [3.05, 3.63) is 0 Å². The zero-order valence-corrected chi connectivity index (χ0v) is 40.4. The van der Waals surface area contributed by atoms with Crippen molar-refractivity contribution in [2.75, 3.05) is 13.2 Å². The van der Waals surface area contributed by atoms with Gasteiger partial charge in [-0.15, -0.1) is 0 Å². The van der Waals surface area contributed by atoms with Gasteiger partial charge in [-0.25, -0.2) is 0 Å². The van der Waals surface area contributed by atoms with Gasteiger partial charge in [-0.05, 0) is 31.1 Å². The summed E-state index contributed by atoms with van der Waals surface area (Å²) in [5.41, 5.74) is 0. The molecule has 1 unspecified atom stereocenters. The molecule has 0 fully saturated rings. The number of carbonyl (C=O) groups is 3. The first-order valence-electron chi connectivity index (χ1n) is 26.3. The molecule has 0 aromatic heterocycles. The number of ether oxygens (including phenoxy) is 3. The molecule has 0 heterocycles. The van der Waals surface area contributed by atoms with Gasteiger partial charge in [0, 0.05) is 19.3 Å². The lowest BCUT2D eigenvalue weighted by Crippen LogP contribution is -2.30. The molecule has 0 bridgehead atoms. The molecular weight excluding hydrogens is 733 g/mol. The lowest BCUT2D eigenvalue weighted by atomic mass is 9.99. The molecule has 350 valence electrons. The van der Waals surface area contributed by atoms with Gasteiger partial charge < -0.3 is 14.2 Å². The Kier molecular flexibility index (Phi) is 44.7. The highest BCUT2D eigenvalue weighted by atomic mass is 16.6. The second-order valence-electron chi connectivity index (χ2n) is 18.9. The molecule has 0 amide bonds. The minimum atomic E-state index is -0.761. The molecule has 0 aromatic carbocycles. The van der Waals surface area contributed by atoms with Crippen LogP contribution >= 0.6 is 0 Å². The van der Waals surface area contributed by atoms with Crippen molar-refractivity contribution in [1.29, 1.82) is 0 Å². The summed E-state index contributed by atoms with van der Waals surface area (Å²) in [4.78, 5) is 37.9. The normalized spacial score (nSPS) is 12.5. The van der Waals surface area contributed by atoms with Crippen LogP contribution in [0.5, 0.6) is 0 Å². The third-order valence-corrected chi connectivity index (χ3v) is 12.3. The fourth-order valence-corrected chi connectivity index (χ4v) is 7.96. The Morgan fingerprint density at radius 2 is 0.644 bits per heavy atom. The second-order valence-corrected chi connectivity index (χ2v) is 18.9. The zero-order valence-electron chi connectivity index (χ0n) is 40.4. The minimum Gasteiger partial charge on any atom is -0.462 e. The van der Waals surface area contributed by atoms with Crippen molar-refractivity contribution in [3.8, 4) is 0 Å². The van der Waals surface area contributed by atoms with E-state index in [0.29, 0.717) is 19.3 Å². The summed E-state index contributed by atoms with van der Waals surface area (Å²) in [6.07, 6.45) is 46.5. The van der Waals surface area contributed by atoms with Crippen LogP contribution < -0.4 is 0 Å². The van der Waals surface area contributed by atoms with E-state index < -0.39 is 6.10 Å². The summed E-state index contributed by atoms with van der Waals surface area (Å²) >= 11 is 0. The molecule has 6 heteroatoms. The van der Waals surface area contributed by atoms with E-state index in [-0.39, 0.29) is 31.1 Å². The van der Waals surface area contributed by atoms with Gasteiger partial charge in [0.1, 0.15) is 13.2 Å². The molecule has 0 saturated carbocycles. The maximum absolute atomic E-state index is 12.8. The number of unbranched alkanes of at least 4 members (excludes halogenated alkanes) is 31. The Bertz CT molecular complexity index is 902. The van der Waals surface area contributed by atoms with Crippen LogP contribution in [-0.2, 0) is 28.6 Å². The number of carbonyl (C=O) groups excluding carboxylic acids is 3. The maximum Gasteiger partial charge on any atom is 0.306 e. The van der Waals surface area contributed by atoms with Gasteiger partial charge in [0.05, 0.1) is 0 Å². The van der Waals surface area contributed by atoms with Crippen molar-refractivity contribution in [1.82, 2.24) is 0 Å². The predicted octanol–water partition coefficient (Wildman–Crippen LogP) is 16.9. The summed E-state index contributed by atoms with van der Waals surface area (Å²) in [6, 6.07) is 0. The Labute approximate surface area is 368 Å². The fourth-order valence-electron chi connectivity index (χ4n) is 7.96. The van der Waals surface area contributed by atoms with E-state index in [1.807, 2.05) is 0 Å². The SMILES string of the molecule is CCCCCCCCCCCCCC(=O)O[C@@H](COC(=O)CCCCCCCCCCCCCCCCCC(C)C)COC(=O)CCCCCCCCCCC(C)CC. The van der Waals surface area contributed by atoms with Crippen LogP contribution in [0.15, 0.2) is 0 Å². The number of rotatable bonds is 47. The quantitative estimate of drug-likeness (QED) is 0.0345. The highest BCUT2D eigenvalue weighted by Gasteiger charge is 2.19. The molecule has 0 saturated heterocycles. The number of esters is 3. The molecule has 0 spiro atoms. The topological polar surface area (TPSA) is 78.9 Å². The molecule has 2 atom stereocenters. The molecule has 59 heavy (non-hydrogen) atoms. The highest BCUT2D eigenvalue weighted by Crippen LogP contribution is 2.18. The molecule has 0 radical (unpaired) electrons. The predicted molar refractivity (Wildman–Crippen MR) is 252 cm³/mol. The van der Waals surface area contributed by atoms with Crippen molar-refractivity contribution in [3.63, 3.8) is 0 Å². The van der Waals surface area contributed by atoms with Gasteiger partial charge in [0.15, 0.2) is 6.10 Å². The fraction of sp³-hybridized carbons (Fsp3) is 0.943. The van der Waals surface area contributed by atoms with Gasteiger partial charge in [-0.1, -0.05) is 253 Å². The molecule has 0 aliphatic heterocycles. The minimum absolute atomic E-state index is 0.0637. The van der Waals surface area contributed by atoms with E-state index in [1.54, 1.807) is 0 Å². The Morgan fingerprint density at radius 1 is 0.356 bits per heavy atom. The van der Waals surface area contributed by atoms with Gasteiger partial charge >= 0.3 is 17.9 Å². The summed E-state index contributed by atoms with van der Waals surface area (Å²) in [6.45, 7) is 11.4. The van der Waals surface area contributed by atoms with Crippen LogP contribution in [0.4, 0.5) is 0 Å². The molecular formula is C53H102O6. The van der Waals surface area contributed by atoms with Gasteiger partial charge in [0.25, 0.3) is 0 Å². The van der Waals surface area contributed by atoms with Crippen LogP contribution in [-0.4, -0.2) is 37.2 Å². The van der Waals surface area contributed by atoms with E-state index >= 15 is 0 Å². The molecule has 0 aliphatic carbocycles. The Hall–Kier alpha value is -1.59. The van der Waals surface area contributed by atoms with Gasteiger partial charge in [0.2, 0.25) is 0 Å². The monoisotopic (exact) mass is 835 g/mol. The molecule has 0 aliphatic rings. The molecule has 0 aromatic rings. The molecule has 0 N–H and O–H groups in total. The third-order valence-electron chi connectivity index (χ3n) is 12.3. The summed E-state index contributed by atoms with van der Waals surface area (Å²) in [7, 11) is 0. The summed E-state index contributed by atoms with van der Waals surface area (Å²) < 4.78 is 16.8. The molecule has 6 nitrogen and oxygen atoms in total. The van der Waals surface area contributed by atoms with Gasteiger partial charge in [-0.3, -0.25) is 14.4 Å². The standard InChI is InChI=1S/C53H102O6/c1-6-8-9-10-11-12-18-23-30-35-40-45-53(56)59-50(47-58-52(55)44-39-34-29-25-24-27-32-37-42-49(5)7-2)46-57-51(54)43-38-33-28-22-20-17-15-13-14-16-19-21-26-31-36-41-48(3)4/h48-50H,6-47H2,1-5H3/t49?,50-/m0/s1. The van der Waals surface area contributed by atoms with Crippen LogP contribution in [0.1, 0.15) is 291 Å². The third kappa shape index (κ3) is 45.8. The Balaban J connectivity index is 4.26. The van der Waals surface area contributed by atoms with Crippen LogP contribution in [0.3, 0.4) is 0 Å². The zero-order chi connectivity index (χ0) is 43.3. The number of hydrogen-bond donors (Lipinski definition) is 0. The van der Waals surface area contributed by atoms with Crippen molar-refractivity contribution in [2.45, 2.75) is 298 Å². The first-order chi connectivity index (χ1) is 28.8. The van der Waals surface area contributed by atoms with E-state index in [2.05, 4.69) is 34.6 Å². The summed E-state index contributed by atoms with van der Waals surface area (Å²) in [5.74, 6) is 0.848. The van der Waals surface area contributed by atoms with Gasteiger partial charge in [-0.2, -0.15) is 0 Å². The summed E-state index contributed by atoms with van der Waals surface area (Å²) in [5, 5.41) is 0. The maximum atomic E-state index is 12.8. The van der Waals surface area contributed by atoms with Crippen LogP contribution in [0.25, 0.3) is 0 Å². The number of hydrogen-bond acceptors (Lipinski definition) is 6. The lowest BCUT2D eigenvalue weighted by molar-refractivity contribution is -0.167. The first-order valence-corrected chi connectivity index (χ1v) is 26.3. The Morgan fingerprint density at radius 3 is 0.966 bits per heavy atom. The van der Waals surface area contributed by atoms with Crippen molar-refractivity contribution in [2.24, 2.45) is 11.8 Å². The highest BCUT2D eigenvalue weighted by molar-refractivity contribution is 5.71. The largest absolute Gasteiger partial charge is 0.462 e. The van der Waals surface area contributed by atoms with Crippen LogP contribution in [0, 0.1) is 11.8 Å². The first kappa shape index (κ1) is 57.4. The smallest absolute Gasteiger partial charge is 0.306 e. The van der Waals surface area contributed by atoms with Crippen LogP contribution in [0.2, 0.25) is 0 Å². The van der Waals surface area contributed by atoms with E-state index in [0.717, 1.165) is 69.6 Å². The average molecular weight is 835 g/mol. The average Bonchev–Trinajstić information content (AvgIpc) is 3.22.